The molecule has 142 valence electrons. The van der Waals surface area contributed by atoms with Crippen molar-refractivity contribution in [1.82, 2.24) is 5.32 Å². The van der Waals surface area contributed by atoms with Crippen LogP contribution in [0.1, 0.15) is 22.8 Å². The Kier molecular flexibility index (Phi) is 7.49. The highest BCUT2D eigenvalue weighted by Gasteiger charge is 2.13. The molecule has 0 aromatic heterocycles. The van der Waals surface area contributed by atoms with Crippen LogP contribution in [-0.4, -0.2) is 24.4 Å². The van der Waals surface area contributed by atoms with Crippen molar-refractivity contribution in [2.75, 3.05) is 11.9 Å². The smallest absolute Gasteiger partial charge is 0.338 e. The largest absolute Gasteiger partial charge is 0.462 e. The highest BCUT2D eigenvalue weighted by atomic mass is 16.5. The molecular weight excluding hydrogens is 358 g/mol. The zero-order valence-corrected chi connectivity index (χ0v) is 15.3. The van der Waals surface area contributed by atoms with E-state index in [-0.39, 0.29) is 18.6 Å². The lowest BCUT2D eigenvalue weighted by Crippen LogP contribution is -2.32. The average molecular weight is 377 g/mol. The van der Waals surface area contributed by atoms with Crippen LogP contribution >= 0.6 is 0 Å². The lowest BCUT2D eigenvalue weighted by molar-refractivity contribution is -0.127. The van der Waals surface area contributed by atoms with Gasteiger partial charge in [0.15, 0.2) is 0 Å². The third-order valence-corrected chi connectivity index (χ3v) is 3.60. The monoisotopic (exact) mass is 377 g/mol. The van der Waals surface area contributed by atoms with Crippen molar-refractivity contribution in [3.63, 3.8) is 0 Å². The van der Waals surface area contributed by atoms with Gasteiger partial charge in [0.05, 0.1) is 18.6 Å². The lowest BCUT2D eigenvalue weighted by Gasteiger charge is -2.06. The molecular formula is C21H19N3O4. The molecule has 0 heterocycles. The SMILES string of the molecule is CCOC(=O)c1ccc(N/C=C(/C#N)C(=O)NC(=O)Cc2ccccc2)cc1. The van der Waals surface area contributed by atoms with E-state index in [0.717, 1.165) is 5.56 Å². The Morgan fingerprint density at radius 2 is 1.75 bits per heavy atom. The zero-order valence-electron chi connectivity index (χ0n) is 15.3. The quantitative estimate of drug-likeness (QED) is 0.436. The Bertz CT molecular complexity index is 913. The van der Waals surface area contributed by atoms with Crippen molar-refractivity contribution in [3.8, 4) is 6.07 Å². The number of imide groups is 1. The van der Waals surface area contributed by atoms with Gasteiger partial charge in [-0.1, -0.05) is 30.3 Å². The van der Waals surface area contributed by atoms with Gasteiger partial charge in [0.25, 0.3) is 5.91 Å². The maximum absolute atomic E-state index is 12.1. The molecule has 0 saturated carbocycles. The van der Waals surface area contributed by atoms with E-state index < -0.39 is 17.8 Å². The second-order valence-electron chi connectivity index (χ2n) is 5.65. The predicted octanol–water partition coefficient (Wildman–Crippen LogP) is 2.57. The Hall–Kier alpha value is -3.92. The highest BCUT2D eigenvalue weighted by molar-refractivity contribution is 6.07. The molecule has 0 atom stereocenters. The number of hydrogen-bond acceptors (Lipinski definition) is 6. The summed E-state index contributed by atoms with van der Waals surface area (Å²) in [5.74, 6) is -1.73. The summed E-state index contributed by atoms with van der Waals surface area (Å²) in [5.41, 5.74) is 1.45. The van der Waals surface area contributed by atoms with Crippen LogP contribution in [0.3, 0.4) is 0 Å². The van der Waals surface area contributed by atoms with Crippen molar-refractivity contribution >= 4 is 23.5 Å². The molecule has 2 aromatic carbocycles. The Morgan fingerprint density at radius 3 is 2.36 bits per heavy atom. The van der Waals surface area contributed by atoms with Crippen LogP contribution in [0.4, 0.5) is 5.69 Å². The minimum absolute atomic E-state index is 0.0358. The van der Waals surface area contributed by atoms with Crippen LogP contribution in [0.2, 0.25) is 0 Å². The number of rotatable bonds is 7. The standard InChI is InChI=1S/C21H19N3O4/c1-2-28-21(27)16-8-10-18(11-9-16)23-14-17(13-22)20(26)24-19(25)12-15-6-4-3-5-7-15/h3-11,14,23H,2,12H2,1H3,(H,24,25,26)/b17-14-. The van der Waals surface area contributed by atoms with E-state index in [2.05, 4.69) is 10.6 Å². The number of nitriles is 1. The Balaban J connectivity index is 1.95. The number of anilines is 1. The van der Waals surface area contributed by atoms with E-state index in [0.29, 0.717) is 11.3 Å². The molecule has 7 heteroatoms. The van der Waals surface area contributed by atoms with Gasteiger partial charge in [-0.15, -0.1) is 0 Å². The zero-order chi connectivity index (χ0) is 20.4. The van der Waals surface area contributed by atoms with Gasteiger partial charge in [0.1, 0.15) is 11.6 Å². The number of amides is 2. The molecule has 0 unspecified atom stereocenters. The fourth-order valence-electron chi connectivity index (χ4n) is 2.24. The maximum Gasteiger partial charge on any atom is 0.338 e. The number of esters is 1. The topological polar surface area (TPSA) is 108 Å². The summed E-state index contributed by atoms with van der Waals surface area (Å²) in [4.78, 5) is 35.6. The van der Waals surface area contributed by atoms with Crippen LogP contribution in [0, 0.1) is 11.3 Å². The van der Waals surface area contributed by atoms with Crippen molar-refractivity contribution < 1.29 is 19.1 Å². The molecule has 7 nitrogen and oxygen atoms in total. The van der Waals surface area contributed by atoms with Gasteiger partial charge in [-0.2, -0.15) is 5.26 Å². The summed E-state index contributed by atoms with van der Waals surface area (Å²) in [6.07, 6.45) is 1.23. The van der Waals surface area contributed by atoms with E-state index >= 15 is 0 Å². The van der Waals surface area contributed by atoms with Gasteiger partial charge >= 0.3 is 5.97 Å². The summed E-state index contributed by atoms with van der Waals surface area (Å²) >= 11 is 0. The molecule has 2 N–H and O–H groups in total. The third kappa shape index (κ3) is 6.11. The molecule has 0 fully saturated rings. The molecule has 0 aliphatic carbocycles. The number of ether oxygens (including phenoxy) is 1. The molecule has 0 aliphatic heterocycles. The first-order valence-corrected chi connectivity index (χ1v) is 8.55. The van der Waals surface area contributed by atoms with E-state index in [9.17, 15) is 14.4 Å². The number of benzene rings is 2. The van der Waals surface area contributed by atoms with Crippen LogP contribution in [0.25, 0.3) is 0 Å². The molecule has 2 amide bonds. The first kappa shape index (κ1) is 20.4. The van der Waals surface area contributed by atoms with Gasteiger partial charge in [-0.05, 0) is 36.8 Å². The van der Waals surface area contributed by atoms with Gasteiger partial charge in [-0.3, -0.25) is 14.9 Å². The first-order valence-electron chi connectivity index (χ1n) is 8.55. The average Bonchev–Trinajstić information content (AvgIpc) is 2.69. The predicted molar refractivity (Wildman–Crippen MR) is 103 cm³/mol. The second-order valence-corrected chi connectivity index (χ2v) is 5.65. The van der Waals surface area contributed by atoms with Crippen LogP contribution in [-0.2, 0) is 20.7 Å². The minimum Gasteiger partial charge on any atom is -0.462 e. The van der Waals surface area contributed by atoms with Crippen molar-refractivity contribution in [2.24, 2.45) is 0 Å². The van der Waals surface area contributed by atoms with Crippen molar-refractivity contribution in [2.45, 2.75) is 13.3 Å². The van der Waals surface area contributed by atoms with Crippen LogP contribution in [0.5, 0.6) is 0 Å². The van der Waals surface area contributed by atoms with Crippen molar-refractivity contribution in [1.29, 1.82) is 5.26 Å². The minimum atomic E-state index is -0.793. The molecule has 28 heavy (non-hydrogen) atoms. The third-order valence-electron chi connectivity index (χ3n) is 3.60. The fourth-order valence-corrected chi connectivity index (χ4v) is 2.24. The summed E-state index contributed by atoms with van der Waals surface area (Å²) in [5, 5.41) is 14.1. The number of hydrogen-bond donors (Lipinski definition) is 2. The molecule has 2 aromatic rings. The van der Waals surface area contributed by atoms with E-state index in [4.69, 9.17) is 10.00 Å². The van der Waals surface area contributed by atoms with E-state index in [1.165, 1.54) is 6.20 Å². The summed E-state index contributed by atoms with van der Waals surface area (Å²) in [7, 11) is 0. The molecule has 0 saturated heterocycles. The second kappa shape index (κ2) is 10.3. The van der Waals surface area contributed by atoms with Crippen LogP contribution in [0.15, 0.2) is 66.4 Å². The normalized spacial score (nSPS) is 10.5. The number of carbonyl (C=O) groups is 3. The van der Waals surface area contributed by atoms with Gasteiger partial charge < -0.3 is 10.1 Å². The summed E-state index contributed by atoms with van der Waals surface area (Å²) < 4.78 is 4.90. The van der Waals surface area contributed by atoms with E-state index in [1.54, 1.807) is 61.5 Å². The highest BCUT2D eigenvalue weighted by Crippen LogP contribution is 2.11. The first-order chi connectivity index (χ1) is 13.5. The Morgan fingerprint density at radius 1 is 1.07 bits per heavy atom. The van der Waals surface area contributed by atoms with Crippen molar-refractivity contribution in [3.05, 3.63) is 77.5 Å². The van der Waals surface area contributed by atoms with E-state index in [1.807, 2.05) is 6.07 Å². The molecule has 0 bridgehead atoms. The lowest BCUT2D eigenvalue weighted by atomic mass is 10.1. The Labute approximate surface area is 162 Å². The summed E-state index contributed by atoms with van der Waals surface area (Å²) in [6.45, 7) is 2.00. The molecule has 0 radical (unpaired) electrons. The van der Waals surface area contributed by atoms with Gasteiger partial charge in [0.2, 0.25) is 5.91 Å². The molecule has 0 aliphatic rings. The fraction of sp³-hybridized carbons (Fsp3) is 0.143. The van der Waals surface area contributed by atoms with Gasteiger partial charge in [-0.25, -0.2) is 4.79 Å². The molecule has 0 spiro atoms. The number of carbonyl (C=O) groups excluding carboxylic acids is 3. The maximum atomic E-state index is 12.1. The van der Waals surface area contributed by atoms with Gasteiger partial charge in [0, 0.05) is 11.9 Å². The van der Waals surface area contributed by atoms with Crippen LogP contribution < -0.4 is 10.6 Å². The number of nitrogens with zero attached hydrogens (tertiary/aromatic N) is 1. The number of nitrogens with one attached hydrogen (secondary N) is 2. The molecule has 2 rings (SSSR count). The summed E-state index contributed by atoms with van der Waals surface area (Å²) in [6, 6.07) is 17.0.